The minimum Gasteiger partial charge on any atom is -0.478 e. The van der Waals surface area contributed by atoms with Crippen LogP contribution in [-0.2, 0) is 4.79 Å². The van der Waals surface area contributed by atoms with E-state index in [2.05, 4.69) is 5.32 Å². The van der Waals surface area contributed by atoms with Crippen LogP contribution in [0.4, 0.5) is 10.5 Å². The molecule has 1 aromatic carbocycles. The van der Waals surface area contributed by atoms with E-state index in [0.717, 1.165) is 24.5 Å². The van der Waals surface area contributed by atoms with Crippen molar-refractivity contribution in [3.05, 3.63) is 35.9 Å². The van der Waals surface area contributed by atoms with Crippen molar-refractivity contribution in [3.63, 3.8) is 0 Å². The molecule has 0 aliphatic heterocycles. The first-order valence-corrected chi connectivity index (χ1v) is 6.69. The Labute approximate surface area is 117 Å². The Hall–Kier alpha value is -2.30. The Kier molecular flexibility index (Phi) is 4.40. The molecule has 106 valence electrons. The van der Waals surface area contributed by atoms with Gasteiger partial charge >= 0.3 is 12.0 Å². The largest absolute Gasteiger partial charge is 0.478 e. The first kappa shape index (κ1) is 14.1. The number of hydrogen-bond acceptors (Lipinski definition) is 2. The molecular formula is C15H18N2O3. The fourth-order valence-corrected chi connectivity index (χ4v) is 1.99. The summed E-state index contributed by atoms with van der Waals surface area (Å²) < 4.78 is 0. The molecule has 5 heteroatoms. The lowest BCUT2D eigenvalue weighted by Crippen LogP contribution is -2.36. The van der Waals surface area contributed by atoms with Crippen molar-refractivity contribution in [1.82, 2.24) is 4.90 Å². The number of carbonyl (C=O) groups is 2. The van der Waals surface area contributed by atoms with Crippen LogP contribution in [0.25, 0.3) is 6.08 Å². The van der Waals surface area contributed by atoms with E-state index in [1.807, 2.05) is 11.8 Å². The molecule has 0 unspecified atom stereocenters. The van der Waals surface area contributed by atoms with Crippen LogP contribution in [0.15, 0.2) is 30.3 Å². The summed E-state index contributed by atoms with van der Waals surface area (Å²) in [5.41, 5.74) is 1.49. The molecule has 1 aliphatic rings. The first-order valence-electron chi connectivity index (χ1n) is 6.69. The molecule has 0 saturated heterocycles. The van der Waals surface area contributed by atoms with Gasteiger partial charge in [0.2, 0.25) is 0 Å². The number of rotatable bonds is 5. The smallest absolute Gasteiger partial charge is 0.328 e. The molecule has 0 bridgehead atoms. The van der Waals surface area contributed by atoms with Crippen LogP contribution in [0.3, 0.4) is 0 Å². The number of carboxylic acids is 1. The normalized spacial score (nSPS) is 14.2. The van der Waals surface area contributed by atoms with Gasteiger partial charge in [-0.1, -0.05) is 12.1 Å². The average Bonchev–Trinajstić information content (AvgIpc) is 3.23. The van der Waals surface area contributed by atoms with E-state index in [1.165, 1.54) is 6.08 Å². The van der Waals surface area contributed by atoms with E-state index in [-0.39, 0.29) is 6.03 Å². The maximum atomic E-state index is 12.0. The molecule has 0 heterocycles. The van der Waals surface area contributed by atoms with Crippen LogP contribution < -0.4 is 5.32 Å². The molecule has 1 fully saturated rings. The van der Waals surface area contributed by atoms with Crippen molar-refractivity contribution in [2.24, 2.45) is 0 Å². The minimum absolute atomic E-state index is 0.0798. The number of benzene rings is 1. The molecule has 1 saturated carbocycles. The van der Waals surface area contributed by atoms with Crippen LogP contribution in [0.1, 0.15) is 25.3 Å². The zero-order valence-electron chi connectivity index (χ0n) is 11.4. The highest BCUT2D eigenvalue weighted by Gasteiger charge is 2.31. The first-order chi connectivity index (χ1) is 9.60. The SMILES string of the molecule is CCN(C(=O)Nc1ccc(C=CC(=O)O)cc1)C1CC1. The second kappa shape index (κ2) is 6.23. The highest BCUT2D eigenvalue weighted by Crippen LogP contribution is 2.27. The molecule has 5 nitrogen and oxygen atoms in total. The van der Waals surface area contributed by atoms with Gasteiger partial charge in [-0.2, -0.15) is 0 Å². The summed E-state index contributed by atoms with van der Waals surface area (Å²) in [6.07, 6.45) is 4.76. The molecule has 0 aromatic heterocycles. The Morgan fingerprint density at radius 1 is 1.35 bits per heavy atom. The number of hydrogen-bond donors (Lipinski definition) is 2. The topological polar surface area (TPSA) is 69.6 Å². The van der Waals surface area contributed by atoms with Crippen molar-refractivity contribution in [3.8, 4) is 0 Å². The predicted molar refractivity (Wildman–Crippen MR) is 77.5 cm³/mol. The third kappa shape index (κ3) is 3.85. The van der Waals surface area contributed by atoms with Crippen molar-refractivity contribution < 1.29 is 14.7 Å². The molecule has 0 atom stereocenters. The van der Waals surface area contributed by atoms with Crippen molar-refractivity contribution in [2.75, 3.05) is 11.9 Å². The summed E-state index contributed by atoms with van der Waals surface area (Å²) in [4.78, 5) is 24.3. The number of carboxylic acid groups (broad SMARTS) is 1. The third-order valence-electron chi connectivity index (χ3n) is 3.17. The number of amides is 2. The molecule has 0 radical (unpaired) electrons. The predicted octanol–water partition coefficient (Wildman–Crippen LogP) is 2.80. The summed E-state index contributed by atoms with van der Waals surface area (Å²) in [5, 5.41) is 11.4. The lowest BCUT2D eigenvalue weighted by Gasteiger charge is -2.20. The zero-order valence-corrected chi connectivity index (χ0v) is 11.4. The van der Waals surface area contributed by atoms with E-state index in [4.69, 9.17) is 5.11 Å². The van der Waals surface area contributed by atoms with Gasteiger partial charge in [0.05, 0.1) is 0 Å². The van der Waals surface area contributed by atoms with Gasteiger partial charge in [0.15, 0.2) is 0 Å². The monoisotopic (exact) mass is 274 g/mol. The van der Waals surface area contributed by atoms with Gasteiger partial charge in [0.25, 0.3) is 0 Å². The van der Waals surface area contributed by atoms with Crippen LogP contribution in [0, 0.1) is 0 Å². The number of urea groups is 1. The van der Waals surface area contributed by atoms with E-state index in [1.54, 1.807) is 24.3 Å². The molecule has 20 heavy (non-hydrogen) atoms. The lowest BCUT2D eigenvalue weighted by molar-refractivity contribution is -0.131. The summed E-state index contributed by atoms with van der Waals surface area (Å²) in [5.74, 6) is -0.981. The zero-order chi connectivity index (χ0) is 14.5. The van der Waals surface area contributed by atoms with Gasteiger partial charge in [-0.3, -0.25) is 0 Å². The standard InChI is InChI=1S/C15H18N2O3/c1-2-17(13-8-9-13)15(20)16-12-6-3-11(4-7-12)5-10-14(18)19/h3-7,10,13H,2,8-9H2,1H3,(H,16,20)(H,18,19). The van der Waals surface area contributed by atoms with Gasteiger partial charge in [-0.25, -0.2) is 9.59 Å². The molecule has 1 aliphatic carbocycles. The second-order valence-corrected chi connectivity index (χ2v) is 4.74. The van der Waals surface area contributed by atoms with Gasteiger partial charge in [-0.15, -0.1) is 0 Å². The van der Waals surface area contributed by atoms with Crippen LogP contribution in [0.2, 0.25) is 0 Å². The second-order valence-electron chi connectivity index (χ2n) is 4.74. The van der Waals surface area contributed by atoms with E-state index >= 15 is 0 Å². The van der Waals surface area contributed by atoms with Crippen LogP contribution in [0.5, 0.6) is 0 Å². The van der Waals surface area contributed by atoms with Crippen molar-refractivity contribution >= 4 is 23.8 Å². The van der Waals surface area contributed by atoms with Crippen LogP contribution in [-0.4, -0.2) is 34.6 Å². The summed E-state index contributed by atoms with van der Waals surface area (Å²) in [6.45, 7) is 2.67. The van der Waals surface area contributed by atoms with Gasteiger partial charge in [0.1, 0.15) is 0 Å². The number of aliphatic carboxylic acids is 1. The van der Waals surface area contributed by atoms with E-state index in [0.29, 0.717) is 18.3 Å². The fourth-order valence-electron chi connectivity index (χ4n) is 1.99. The molecule has 2 N–H and O–H groups in total. The maximum Gasteiger partial charge on any atom is 0.328 e. The molecular weight excluding hydrogens is 256 g/mol. The lowest BCUT2D eigenvalue weighted by atomic mass is 10.2. The van der Waals surface area contributed by atoms with E-state index in [9.17, 15) is 9.59 Å². The average molecular weight is 274 g/mol. The Morgan fingerprint density at radius 3 is 2.50 bits per heavy atom. The van der Waals surface area contributed by atoms with Crippen molar-refractivity contribution in [1.29, 1.82) is 0 Å². The third-order valence-corrected chi connectivity index (χ3v) is 3.17. The summed E-state index contributed by atoms with van der Waals surface area (Å²) >= 11 is 0. The summed E-state index contributed by atoms with van der Waals surface area (Å²) in [6, 6.07) is 7.37. The molecule has 1 aromatic rings. The maximum absolute atomic E-state index is 12.0. The molecule has 0 spiro atoms. The highest BCUT2D eigenvalue weighted by atomic mass is 16.4. The Morgan fingerprint density at radius 2 is 2.00 bits per heavy atom. The van der Waals surface area contributed by atoms with Gasteiger partial charge < -0.3 is 15.3 Å². The van der Waals surface area contributed by atoms with Gasteiger partial charge in [0, 0.05) is 24.4 Å². The molecule has 2 amide bonds. The number of nitrogens with zero attached hydrogens (tertiary/aromatic N) is 1. The minimum atomic E-state index is -0.981. The van der Waals surface area contributed by atoms with E-state index < -0.39 is 5.97 Å². The number of carbonyl (C=O) groups excluding carboxylic acids is 1. The molecule has 2 rings (SSSR count). The Balaban J connectivity index is 1.96. The quantitative estimate of drug-likeness (QED) is 0.811. The fraction of sp³-hybridized carbons (Fsp3) is 0.333. The van der Waals surface area contributed by atoms with Crippen molar-refractivity contribution in [2.45, 2.75) is 25.8 Å². The highest BCUT2D eigenvalue weighted by molar-refractivity contribution is 5.90. The van der Waals surface area contributed by atoms with Crippen LogP contribution >= 0.6 is 0 Å². The van der Waals surface area contributed by atoms with Gasteiger partial charge in [-0.05, 0) is 43.5 Å². The Bertz CT molecular complexity index is 518. The number of anilines is 1. The number of nitrogens with one attached hydrogen (secondary N) is 1. The summed E-state index contributed by atoms with van der Waals surface area (Å²) in [7, 11) is 0.